The fraction of sp³-hybridized carbons (Fsp3) is 0.500. The van der Waals surface area contributed by atoms with E-state index in [1.807, 2.05) is 22.9 Å². The topological polar surface area (TPSA) is 71.3 Å². The molecule has 0 saturated carbocycles. The number of methoxy groups -OCH3 is 1. The van der Waals surface area contributed by atoms with Crippen molar-refractivity contribution in [3.05, 3.63) is 47.7 Å². The summed E-state index contributed by atoms with van der Waals surface area (Å²) in [6.07, 6.45) is -0.422. The number of ether oxygens (including phenoxy) is 2. The highest BCUT2D eigenvalue weighted by atomic mass is 19.4. The number of carbonyl (C=O) groups is 1. The molecular weight excluding hydrogens is 530 g/mol. The van der Waals surface area contributed by atoms with Gasteiger partial charge >= 0.3 is 12.2 Å². The number of halogens is 4. The second-order valence-corrected chi connectivity index (χ2v) is 10.4. The SMILES string of the molecule is COCCc1cn2cc(-c3cc(NC(=O)N4CCC(CC(F)(F)F)C4)c(F)cc3C)cc(N3CCOCC3)c2n1. The van der Waals surface area contributed by atoms with E-state index in [-0.39, 0.29) is 25.2 Å². The van der Waals surface area contributed by atoms with Crippen molar-refractivity contribution in [2.75, 3.05) is 63.3 Å². The quantitative estimate of drug-likeness (QED) is 0.396. The van der Waals surface area contributed by atoms with E-state index in [4.69, 9.17) is 14.5 Å². The second-order valence-electron chi connectivity index (χ2n) is 10.4. The third kappa shape index (κ3) is 6.33. The minimum Gasteiger partial charge on any atom is -0.384 e. The number of alkyl halides is 3. The van der Waals surface area contributed by atoms with Gasteiger partial charge in [-0.25, -0.2) is 14.2 Å². The van der Waals surface area contributed by atoms with Crippen LogP contribution in [0.4, 0.5) is 33.7 Å². The molecule has 216 valence electrons. The molecule has 3 aromatic rings. The molecule has 0 radical (unpaired) electrons. The molecule has 2 amide bonds. The highest BCUT2D eigenvalue weighted by Crippen LogP contribution is 2.35. The van der Waals surface area contributed by atoms with Crippen LogP contribution in [0, 0.1) is 18.7 Å². The van der Waals surface area contributed by atoms with E-state index in [1.54, 1.807) is 20.1 Å². The van der Waals surface area contributed by atoms with Crippen molar-refractivity contribution in [3.63, 3.8) is 0 Å². The average molecular weight is 564 g/mol. The number of fused-ring (bicyclic) bond motifs is 1. The van der Waals surface area contributed by atoms with Gasteiger partial charge in [-0.15, -0.1) is 0 Å². The Labute approximate surface area is 229 Å². The van der Waals surface area contributed by atoms with Crippen LogP contribution in [0.1, 0.15) is 24.1 Å². The molecule has 1 atom stereocenters. The molecule has 40 heavy (non-hydrogen) atoms. The molecule has 0 aliphatic carbocycles. The molecule has 1 aromatic carbocycles. The van der Waals surface area contributed by atoms with Gasteiger partial charge in [0.2, 0.25) is 0 Å². The van der Waals surface area contributed by atoms with Crippen LogP contribution in [0.2, 0.25) is 0 Å². The number of morpholine rings is 1. The van der Waals surface area contributed by atoms with Gasteiger partial charge in [-0.3, -0.25) is 0 Å². The van der Waals surface area contributed by atoms with Gasteiger partial charge in [0.1, 0.15) is 5.82 Å². The lowest BCUT2D eigenvalue weighted by Gasteiger charge is -2.29. The summed E-state index contributed by atoms with van der Waals surface area (Å²) < 4.78 is 66.1. The molecular formula is C28H33F4N5O3. The standard InChI is InChI=1S/C28H33F4N5O3/c1-18-11-23(29)24(34-27(38)36-5-3-19(15-36)14-28(30,31)32)13-22(18)20-12-25(35-6-9-40-10-7-35)26-33-21(4-8-39-2)17-37(26)16-20/h11-13,16-17,19H,3-10,14-15H2,1-2H3,(H,34,38). The van der Waals surface area contributed by atoms with E-state index >= 15 is 4.39 Å². The van der Waals surface area contributed by atoms with Crippen LogP contribution in [-0.2, 0) is 15.9 Å². The fourth-order valence-electron chi connectivity index (χ4n) is 5.43. The minimum absolute atomic E-state index is 0.0166. The average Bonchev–Trinajstić information content (AvgIpc) is 3.54. The summed E-state index contributed by atoms with van der Waals surface area (Å²) in [5.41, 5.74) is 4.78. The van der Waals surface area contributed by atoms with Crippen LogP contribution in [0.15, 0.2) is 30.6 Å². The molecule has 4 heterocycles. The number of urea groups is 1. The molecule has 0 spiro atoms. The van der Waals surface area contributed by atoms with Crippen molar-refractivity contribution in [2.45, 2.75) is 32.4 Å². The van der Waals surface area contributed by atoms with Gasteiger partial charge < -0.3 is 29.0 Å². The van der Waals surface area contributed by atoms with Crippen LogP contribution in [0.5, 0.6) is 0 Å². The van der Waals surface area contributed by atoms with Crippen molar-refractivity contribution in [2.24, 2.45) is 5.92 Å². The number of aromatic nitrogens is 2. The number of hydrogen-bond donors (Lipinski definition) is 1. The third-order valence-electron chi connectivity index (χ3n) is 7.46. The van der Waals surface area contributed by atoms with Crippen LogP contribution < -0.4 is 10.2 Å². The summed E-state index contributed by atoms with van der Waals surface area (Å²) in [5, 5.41) is 2.59. The summed E-state index contributed by atoms with van der Waals surface area (Å²) >= 11 is 0. The van der Waals surface area contributed by atoms with E-state index in [1.165, 1.54) is 11.0 Å². The number of imidazole rings is 1. The number of likely N-dealkylation sites (tertiary alicyclic amines) is 1. The zero-order valence-electron chi connectivity index (χ0n) is 22.6. The molecule has 1 unspecified atom stereocenters. The molecule has 2 aliphatic heterocycles. The van der Waals surface area contributed by atoms with Crippen molar-refractivity contribution in [1.82, 2.24) is 14.3 Å². The summed E-state index contributed by atoms with van der Waals surface area (Å²) in [6, 6.07) is 4.35. The summed E-state index contributed by atoms with van der Waals surface area (Å²) in [6.45, 7) is 5.11. The number of hydrogen-bond acceptors (Lipinski definition) is 5. The first-order valence-corrected chi connectivity index (χ1v) is 13.4. The van der Waals surface area contributed by atoms with E-state index in [9.17, 15) is 18.0 Å². The number of anilines is 2. The molecule has 5 rings (SSSR count). The maximum atomic E-state index is 15.0. The monoisotopic (exact) mass is 563 g/mol. The number of pyridine rings is 1. The van der Waals surface area contributed by atoms with Crippen LogP contribution >= 0.6 is 0 Å². The molecule has 12 heteroatoms. The first kappa shape index (κ1) is 28.2. The lowest BCUT2D eigenvalue weighted by atomic mass is 10.00. The molecule has 1 N–H and O–H groups in total. The minimum atomic E-state index is -4.28. The third-order valence-corrected chi connectivity index (χ3v) is 7.46. The fourth-order valence-corrected chi connectivity index (χ4v) is 5.43. The van der Waals surface area contributed by atoms with Crippen LogP contribution in [0.25, 0.3) is 16.8 Å². The Hall–Kier alpha value is -3.38. The zero-order valence-corrected chi connectivity index (χ0v) is 22.6. The summed E-state index contributed by atoms with van der Waals surface area (Å²) in [4.78, 5) is 21.2. The summed E-state index contributed by atoms with van der Waals surface area (Å²) in [7, 11) is 1.64. The molecule has 8 nitrogen and oxygen atoms in total. The molecule has 2 aromatic heterocycles. The Bertz CT molecular complexity index is 1370. The number of carbonyl (C=O) groups excluding carboxylic acids is 1. The smallest absolute Gasteiger partial charge is 0.384 e. The van der Waals surface area contributed by atoms with Gasteiger partial charge in [-0.1, -0.05) is 0 Å². The number of nitrogens with zero attached hydrogens (tertiary/aromatic N) is 4. The normalized spacial score (nSPS) is 18.1. The zero-order chi connectivity index (χ0) is 28.4. The predicted octanol–water partition coefficient (Wildman–Crippen LogP) is 5.28. The van der Waals surface area contributed by atoms with Crippen LogP contribution in [0.3, 0.4) is 0 Å². The maximum Gasteiger partial charge on any atom is 0.389 e. The van der Waals surface area contributed by atoms with Crippen molar-refractivity contribution < 1.29 is 31.8 Å². The Morgan fingerprint density at radius 2 is 1.95 bits per heavy atom. The first-order chi connectivity index (χ1) is 19.1. The Morgan fingerprint density at radius 1 is 1.18 bits per heavy atom. The van der Waals surface area contributed by atoms with Crippen molar-refractivity contribution in [3.8, 4) is 11.1 Å². The van der Waals surface area contributed by atoms with Gasteiger partial charge in [-0.2, -0.15) is 13.2 Å². The lowest BCUT2D eigenvalue weighted by Crippen LogP contribution is -2.36. The largest absolute Gasteiger partial charge is 0.389 e. The Balaban J connectivity index is 1.45. The lowest BCUT2D eigenvalue weighted by molar-refractivity contribution is -0.143. The maximum absolute atomic E-state index is 15.0. The van der Waals surface area contributed by atoms with Crippen LogP contribution in [-0.4, -0.2) is 79.6 Å². The van der Waals surface area contributed by atoms with E-state index in [0.717, 1.165) is 28.2 Å². The van der Waals surface area contributed by atoms with Gasteiger partial charge in [0.05, 0.1) is 36.9 Å². The summed E-state index contributed by atoms with van der Waals surface area (Å²) in [5.74, 6) is -1.27. The van der Waals surface area contributed by atoms with Gasteiger partial charge in [0.15, 0.2) is 5.65 Å². The second kappa shape index (κ2) is 11.6. The highest BCUT2D eigenvalue weighted by Gasteiger charge is 2.36. The molecule has 2 saturated heterocycles. The Kier molecular flexibility index (Phi) is 8.18. The van der Waals surface area contributed by atoms with Gasteiger partial charge in [0, 0.05) is 64.1 Å². The van der Waals surface area contributed by atoms with Crippen molar-refractivity contribution in [1.29, 1.82) is 0 Å². The number of aryl methyl sites for hydroxylation is 1. The van der Waals surface area contributed by atoms with E-state index in [0.29, 0.717) is 44.9 Å². The number of amides is 2. The first-order valence-electron chi connectivity index (χ1n) is 13.4. The molecule has 0 bridgehead atoms. The molecule has 2 aliphatic rings. The van der Waals surface area contributed by atoms with Crippen molar-refractivity contribution >= 4 is 23.1 Å². The number of rotatable bonds is 7. The molecule has 2 fully saturated rings. The number of nitrogens with one attached hydrogen (secondary N) is 1. The van der Waals surface area contributed by atoms with E-state index < -0.39 is 30.4 Å². The Morgan fingerprint density at radius 3 is 2.67 bits per heavy atom. The van der Waals surface area contributed by atoms with Gasteiger partial charge in [-0.05, 0) is 48.6 Å². The predicted molar refractivity (Wildman–Crippen MR) is 143 cm³/mol. The number of benzene rings is 1. The van der Waals surface area contributed by atoms with Gasteiger partial charge in [0.25, 0.3) is 0 Å². The highest BCUT2D eigenvalue weighted by molar-refractivity contribution is 5.91. The van der Waals surface area contributed by atoms with E-state index in [2.05, 4.69) is 10.2 Å².